The van der Waals surface area contributed by atoms with Crippen molar-refractivity contribution in [2.45, 2.75) is 13.8 Å². The van der Waals surface area contributed by atoms with Gasteiger partial charge in [-0.05, 0) is 51.9 Å². The summed E-state index contributed by atoms with van der Waals surface area (Å²) in [6.45, 7) is 0. The van der Waals surface area contributed by atoms with Gasteiger partial charge >= 0.3 is 0 Å². The summed E-state index contributed by atoms with van der Waals surface area (Å²) in [7, 11) is 0. The molecule has 1 aliphatic rings. The van der Waals surface area contributed by atoms with E-state index in [1.54, 1.807) is 0 Å². The Kier molecular flexibility index (Phi) is 7.09. The zero-order valence-electron chi connectivity index (χ0n) is 23.4. The van der Waals surface area contributed by atoms with Crippen molar-refractivity contribution >= 4 is 0 Å². The van der Waals surface area contributed by atoms with Crippen LogP contribution in [0.3, 0.4) is 0 Å². The largest absolute Gasteiger partial charge is 0.244 e. The molecule has 210 valence electrons. The van der Waals surface area contributed by atoms with Crippen molar-refractivity contribution in [1.82, 2.24) is 19.9 Å². The van der Waals surface area contributed by atoms with Crippen molar-refractivity contribution in [2.75, 3.05) is 0 Å². The number of hydrogen-bond donors (Lipinski definition) is 0. The van der Waals surface area contributed by atoms with Gasteiger partial charge in [0.05, 0.1) is 5.69 Å². The van der Waals surface area contributed by atoms with Gasteiger partial charge in [0.15, 0.2) is 17.5 Å². The van der Waals surface area contributed by atoms with Crippen LogP contribution in [0.4, 0.5) is 0 Å². The minimum Gasteiger partial charge on any atom is -0.244 e. The zero-order valence-corrected chi connectivity index (χ0v) is 23.4. The van der Waals surface area contributed by atoms with E-state index in [1.165, 1.54) is 33.4 Å². The molecule has 0 saturated carbocycles. The molecular weight excluding hydrogens is 536 g/mol. The van der Waals surface area contributed by atoms with Gasteiger partial charge in [-0.3, -0.25) is 0 Å². The van der Waals surface area contributed by atoms with Crippen LogP contribution in [0.2, 0.25) is 0 Å². The summed E-state index contributed by atoms with van der Waals surface area (Å²) in [4.78, 5) is 19.8. The second-order valence-corrected chi connectivity index (χ2v) is 10.7. The first-order valence-corrected chi connectivity index (χ1v) is 14.5. The fraction of sp³-hybridized carbons (Fsp3) is 0.0500. The fourth-order valence-corrected chi connectivity index (χ4v) is 6.00. The second-order valence-electron chi connectivity index (χ2n) is 10.7. The van der Waals surface area contributed by atoms with Crippen LogP contribution in [0.5, 0.6) is 0 Å². The average molecular weight is 567 g/mol. The molecule has 0 saturated heterocycles. The Bertz CT molecular complexity index is 2030. The summed E-state index contributed by atoms with van der Waals surface area (Å²) in [6.07, 6.45) is 0.861. The fourth-order valence-electron chi connectivity index (χ4n) is 6.00. The number of aromatic nitrogens is 4. The summed E-state index contributed by atoms with van der Waals surface area (Å²) in [6, 6.07) is 50.0. The van der Waals surface area contributed by atoms with Gasteiger partial charge in [-0.25, -0.2) is 19.9 Å². The summed E-state index contributed by atoms with van der Waals surface area (Å²) in [5.41, 5.74) is 12.4. The zero-order chi connectivity index (χ0) is 28.6. The highest BCUT2D eigenvalue weighted by Gasteiger charge is 2.25. The lowest BCUT2D eigenvalue weighted by Crippen LogP contribution is -2.01. The number of fused-ring (bicyclic) bond motifs is 3. The van der Waals surface area contributed by atoms with E-state index in [4.69, 9.17) is 19.9 Å². The lowest BCUT2D eigenvalue weighted by Gasteiger charge is -2.11. The molecule has 0 amide bonds. The number of pyridine rings is 1. The first-order chi connectivity index (χ1) is 21.3. The predicted octanol–water partition coefficient (Wildman–Crippen LogP) is 9.81. The molecule has 7 aromatic rings. The average Bonchev–Trinajstić information content (AvgIpc) is 3.48. The molecule has 4 heteroatoms. The van der Waals surface area contributed by atoms with E-state index in [0.717, 1.165) is 28.8 Å². The van der Waals surface area contributed by atoms with E-state index in [-0.39, 0.29) is 7.43 Å². The monoisotopic (exact) mass is 566 g/mol. The van der Waals surface area contributed by atoms with Gasteiger partial charge < -0.3 is 0 Å². The molecule has 0 atom stereocenters. The van der Waals surface area contributed by atoms with E-state index < -0.39 is 0 Å². The van der Waals surface area contributed by atoms with E-state index in [2.05, 4.69) is 72.8 Å². The molecule has 0 spiro atoms. The van der Waals surface area contributed by atoms with Gasteiger partial charge in [0.1, 0.15) is 5.69 Å². The Morgan fingerprint density at radius 1 is 0.318 bits per heavy atom. The first-order valence-electron chi connectivity index (χ1n) is 14.5. The van der Waals surface area contributed by atoms with Gasteiger partial charge in [-0.1, -0.05) is 141 Å². The molecule has 0 unspecified atom stereocenters. The Morgan fingerprint density at radius 2 is 0.750 bits per heavy atom. The number of rotatable bonds is 5. The van der Waals surface area contributed by atoms with Crippen LogP contribution < -0.4 is 0 Å². The molecule has 1 aliphatic carbocycles. The van der Waals surface area contributed by atoms with Crippen molar-refractivity contribution in [1.29, 1.82) is 0 Å². The van der Waals surface area contributed by atoms with Crippen LogP contribution in [0.15, 0.2) is 146 Å². The van der Waals surface area contributed by atoms with Crippen LogP contribution in [-0.4, -0.2) is 19.9 Å². The number of benzene rings is 5. The smallest absolute Gasteiger partial charge is 0.182 e. The lowest BCUT2D eigenvalue weighted by atomic mass is 9.96. The Balaban J connectivity index is 0.00000312. The van der Waals surface area contributed by atoms with Gasteiger partial charge in [-0.15, -0.1) is 0 Å². The van der Waals surface area contributed by atoms with E-state index in [1.807, 2.05) is 72.8 Å². The topological polar surface area (TPSA) is 51.6 Å². The number of hydrogen-bond acceptors (Lipinski definition) is 4. The van der Waals surface area contributed by atoms with Crippen molar-refractivity contribution in [3.05, 3.63) is 157 Å². The first kappa shape index (κ1) is 27.1. The van der Waals surface area contributed by atoms with E-state index in [9.17, 15) is 0 Å². The van der Waals surface area contributed by atoms with Gasteiger partial charge in [0.25, 0.3) is 0 Å². The molecule has 0 fully saturated rings. The molecule has 0 aliphatic heterocycles. The minimum atomic E-state index is 0. The predicted molar refractivity (Wildman–Crippen MR) is 180 cm³/mol. The summed E-state index contributed by atoms with van der Waals surface area (Å²) < 4.78 is 0. The van der Waals surface area contributed by atoms with Crippen LogP contribution in [0.1, 0.15) is 18.6 Å². The van der Waals surface area contributed by atoms with Crippen LogP contribution in [0.25, 0.3) is 67.8 Å². The van der Waals surface area contributed by atoms with Crippen LogP contribution >= 0.6 is 0 Å². The SMILES string of the molecule is C.c1ccc(-c2nc(-c3ccccc3)nc(-c3cccc(-c4cccc5c4Cc4c(-c6ccccc6)cccc4-5)n3)n2)cc1. The highest BCUT2D eigenvalue weighted by atomic mass is 15.0. The third-order valence-corrected chi connectivity index (χ3v) is 8.03. The second kappa shape index (κ2) is 11.5. The standard InChI is InChI=1S/C39H26N4.CH4/c1-4-13-26(14-5-1)29-19-10-20-30-31-21-11-22-32(34(31)25-33(29)30)35-23-12-24-36(40-35)39-42-37(27-15-6-2-7-16-27)41-38(43-39)28-17-8-3-9-18-28;/h1-24H,25H2;1H4. The molecule has 44 heavy (non-hydrogen) atoms. The van der Waals surface area contributed by atoms with Crippen LogP contribution in [0, 0.1) is 0 Å². The molecule has 5 aromatic carbocycles. The highest BCUT2D eigenvalue weighted by Crippen LogP contribution is 2.45. The summed E-state index contributed by atoms with van der Waals surface area (Å²) in [5, 5.41) is 0. The third kappa shape index (κ3) is 4.87. The molecule has 0 N–H and O–H groups in total. The Morgan fingerprint density at radius 3 is 1.34 bits per heavy atom. The maximum atomic E-state index is 5.15. The van der Waals surface area contributed by atoms with Crippen LogP contribution in [-0.2, 0) is 6.42 Å². The van der Waals surface area contributed by atoms with Gasteiger partial charge in [0, 0.05) is 16.7 Å². The van der Waals surface area contributed by atoms with Crippen molar-refractivity contribution in [2.24, 2.45) is 0 Å². The molecule has 0 radical (unpaired) electrons. The molecule has 2 heterocycles. The third-order valence-electron chi connectivity index (χ3n) is 8.03. The van der Waals surface area contributed by atoms with Crippen molar-refractivity contribution in [3.63, 3.8) is 0 Å². The van der Waals surface area contributed by atoms with Crippen molar-refractivity contribution < 1.29 is 0 Å². The molecule has 0 bridgehead atoms. The lowest BCUT2D eigenvalue weighted by molar-refractivity contribution is 1.06. The molecule has 8 rings (SSSR count). The van der Waals surface area contributed by atoms with Gasteiger partial charge in [0.2, 0.25) is 0 Å². The number of nitrogens with zero attached hydrogens (tertiary/aromatic N) is 4. The highest BCUT2D eigenvalue weighted by molar-refractivity contribution is 5.89. The molecular formula is C40H30N4. The van der Waals surface area contributed by atoms with Gasteiger partial charge in [-0.2, -0.15) is 0 Å². The summed E-state index contributed by atoms with van der Waals surface area (Å²) >= 11 is 0. The normalized spacial score (nSPS) is 11.4. The molecule has 2 aromatic heterocycles. The van der Waals surface area contributed by atoms with E-state index >= 15 is 0 Å². The maximum absolute atomic E-state index is 5.15. The Labute approximate surface area is 257 Å². The minimum absolute atomic E-state index is 0. The quantitative estimate of drug-likeness (QED) is 0.208. The summed E-state index contributed by atoms with van der Waals surface area (Å²) in [5.74, 6) is 1.80. The van der Waals surface area contributed by atoms with Crippen molar-refractivity contribution in [3.8, 4) is 67.8 Å². The Hall–Kier alpha value is -5.74. The molecule has 4 nitrogen and oxygen atoms in total. The van der Waals surface area contributed by atoms with E-state index in [0.29, 0.717) is 23.2 Å². The maximum Gasteiger partial charge on any atom is 0.182 e.